The SMILES string of the molecule is Cc1ncsc1-c1ccc(CNC(=O)C2C[C@@H](O)CN2C(=O)[C@@H](NC(=O)CCCCCNCCC(=O)N2CC(c3c[nH]c4nnc(-c5ccccc5O)cc34)C2)C(C)(C)C)cc1. The van der Waals surface area contributed by atoms with Gasteiger partial charge in [0.05, 0.1) is 27.9 Å². The normalized spacial score (nSPS) is 17.2. The van der Waals surface area contributed by atoms with Gasteiger partial charge in [0.15, 0.2) is 5.65 Å². The summed E-state index contributed by atoms with van der Waals surface area (Å²) in [6.07, 6.45) is 4.12. The number of nitrogens with one attached hydrogen (secondary N) is 4. The van der Waals surface area contributed by atoms with E-state index < -0.39 is 23.6 Å². The summed E-state index contributed by atoms with van der Waals surface area (Å²) in [5, 5.41) is 39.6. The summed E-state index contributed by atoms with van der Waals surface area (Å²) in [7, 11) is 0. The van der Waals surface area contributed by atoms with E-state index in [2.05, 4.69) is 36.1 Å². The first-order valence-electron chi connectivity index (χ1n) is 21.4. The number of benzene rings is 2. The van der Waals surface area contributed by atoms with Crippen LogP contribution in [0.15, 0.2) is 66.3 Å². The first kappa shape index (κ1) is 44.3. The number of rotatable bonds is 17. The van der Waals surface area contributed by atoms with Gasteiger partial charge in [-0.15, -0.1) is 21.5 Å². The predicted octanol–water partition coefficient (Wildman–Crippen LogP) is 5.04. The van der Waals surface area contributed by atoms with Gasteiger partial charge in [-0.2, -0.15) is 0 Å². The molecular formula is C46H57N9O6S. The molecule has 15 nitrogen and oxygen atoms in total. The molecule has 0 radical (unpaired) electrons. The quantitative estimate of drug-likeness (QED) is 0.0688. The molecule has 2 fully saturated rings. The van der Waals surface area contributed by atoms with Crippen LogP contribution in [0, 0.1) is 12.3 Å². The zero-order valence-corrected chi connectivity index (χ0v) is 36.6. The maximum Gasteiger partial charge on any atom is 0.246 e. The van der Waals surface area contributed by atoms with Crippen LogP contribution in [0.3, 0.4) is 0 Å². The molecule has 1 unspecified atom stereocenters. The van der Waals surface area contributed by atoms with Gasteiger partial charge >= 0.3 is 0 Å². The maximum atomic E-state index is 14.0. The van der Waals surface area contributed by atoms with Gasteiger partial charge < -0.3 is 40.9 Å². The average Bonchev–Trinajstić information content (AvgIpc) is 3.97. The number of H-pyrrole nitrogens is 1. The number of hydrogen-bond acceptors (Lipinski definition) is 11. The Labute approximate surface area is 365 Å². The lowest BCUT2D eigenvalue weighted by Gasteiger charge is -2.39. The second-order valence-corrected chi connectivity index (χ2v) is 18.4. The molecule has 7 rings (SSSR count). The van der Waals surface area contributed by atoms with E-state index in [1.165, 1.54) is 4.90 Å². The van der Waals surface area contributed by atoms with Crippen molar-refractivity contribution in [3.63, 3.8) is 0 Å². The number of aliphatic hydroxyl groups is 1. The maximum absolute atomic E-state index is 14.0. The van der Waals surface area contributed by atoms with Crippen LogP contribution < -0.4 is 16.0 Å². The van der Waals surface area contributed by atoms with Gasteiger partial charge in [-0.05, 0) is 66.6 Å². The third-order valence-electron chi connectivity index (χ3n) is 11.8. The van der Waals surface area contributed by atoms with Crippen molar-refractivity contribution in [2.24, 2.45) is 5.41 Å². The number of nitrogens with zero attached hydrogens (tertiary/aromatic N) is 5. The smallest absolute Gasteiger partial charge is 0.246 e. The summed E-state index contributed by atoms with van der Waals surface area (Å²) < 4.78 is 0. The second kappa shape index (κ2) is 19.6. The summed E-state index contributed by atoms with van der Waals surface area (Å²) in [4.78, 5) is 65.3. The Kier molecular flexibility index (Phi) is 14.0. The molecule has 2 saturated heterocycles. The van der Waals surface area contributed by atoms with Gasteiger partial charge in [0.25, 0.3) is 0 Å². The Morgan fingerprint density at radius 2 is 1.74 bits per heavy atom. The van der Waals surface area contributed by atoms with Crippen molar-refractivity contribution in [2.45, 2.75) is 96.9 Å². The van der Waals surface area contributed by atoms with E-state index in [0.717, 1.165) is 52.0 Å². The lowest BCUT2D eigenvalue weighted by molar-refractivity contribution is -0.144. The predicted molar refractivity (Wildman–Crippen MR) is 238 cm³/mol. The lowest BCUT2D eigenvalue weighted by atomic mass is 9.85. The zero-order chi connectivity index (χ0) is 44.0. The van der Waals surface area contributed by atoms with Gasteiger partial charge in [-0.1, -0.05) is 63.6 Å². The zero-order valence-electron chi connectivity index (χ0n) is 35.8. The molecule has 62 heavy (non-hydrogen) atoms. The van der Waals surface area contributed by atoms with E-state index in [0.29, 0.717) is 49.4 Å². The number of β-amino-alcohol motifs (C(OH)–C–C–N with tert-alkyl or cyclic N) is 1. The minimum atomic E-state index is -0.876. The highest BCUT2D eigenvalue weighted by atomic mass is 32.1. The Morgan fingerprint density at radius 1 is 0.968 bits per heavy atom. The average molecular weight is 864 g/mol. The van der Waals surface area contributed by atoms with Crippen molar-refractivity contribution in [2.75, 3.05) is 32.7 Å². The number of aliphatic hydroxyl groups excluding tert-OH is 1. The lowest BCUT2D eigenvalue weighted by Crippen LogP contribution is -2.57. The number of likely N-dealkylation sites (tertiary alicyclic amines) is 2. The molecule has 3 aromatic heterocycles. The first-order chi connectivity index (χ1) is 29.8. The molecule has 0 bridgehead atoms. The summed E-state index contributed by atoms with van der Waals surface area (Å²) in [6, 6.07) is 15.2. The Hall–Kier alpha value is -5.71. The molecular weight excluding hydrogens is 807 g/mol. The Balaban J connectivity index is 0.791. The number of aryl methyl sites for hydroxylation is 1. The third kappa shape index (κ3) is 10.5. The van der Waals surface area contributed by atoms with Gasteiger partial charge in [-0.3, -0.25) is 19.2 Å². The number of thiazole rings is 1. The van der Waals surface area contributed by atoms with Gasteiger partial charge in [0.1, 0.15) is 17.8 Å². The first-order valence-corrected chi connectivity index (χ1v) is 22.3. The fraction of sp³-hybridized carbons (Fsp3) is 0.457. The molecule has 2 aliphatic rings. The van der Waals surface area contributed by atoms with E-state index in [1.54, 1.807) is 29.5 Å². The topological polar surface area (TPSA) is 206 Å². The number of aromatic nitrogens is 4. The number of aromatic amines is 1. The molecule has 0 aliphatic carbocycles. The minimum Gasteiger partial charge on any atom is -0.507 e. The summed E-state index contributed by atoms with van der Waals surface area (Å²) in [6.45, 7) is 10.4. The van der Waals surface area contributed by atoms with E-state index in [-0.39, 0.29) is 61.2 Å². The van der Waals surface area contributed by atoms with Crippen molar-refractivity contribution in [3.8, 4) is 27.4 Å². The standard InChI is InChI=1S/C46H57N9O6S/c1-28-41(62-27-50-28)30-15-13-29(14-16-30)22-49-44(60)37-20-32(56)26-55(37)45(61)42(46(2,3)4)51-39(58)12-6-5-9-18-47-19-17-40(59)54-24-31(25-54)35-23-48-43-34(35)21-36(52-53-43)33-10-7-8-11-38(33)57/h7-8,10-11,13-16,21,23,27,31-32,37,42,47,56-57H,5-6,9,12,17-20,22,24-26H2,1-4H3,(H,48,53)(H,49,60)(H,51,58)/t32-,37?,42-/m1/s1. The van der Waals surface area contributed by atoms with Crippen LogP contribution in [-0.2, 0) is 25.7 Å². The molecule has 3 atom stereocenters. The number of fused-ring (bicyclic) bond motifs is 1. The Morgan fingerprint density at radius 3 is 2.47 bits per heavy atom. The summed E-state index contributed by atoms with van der Waals surface area (Å²) >= 11 is 1.58. The number of phenolic OH excluding ortho intramolecular Hbond substituents is 1. The molecule has 6 N–H and O–H groups in total. The number of carbonyl (C=O) groups excluding carboxylic acids is 4. The molecule has 328 valence electrons. The van der Waals surface area contributed by atoms with Crippen LogP contribution in [0.25, 0.3) is 32.7 Å². The van der Waals surface area contributed by atoms with Gasteiger partial charge in [0, 0.05) is 75.1 Å². The number of amides is 4. The van der Waals surface area contributed by atoms with Crippen molar-refractivity contribution in [3.05, 3.63) is 83.1 Å². The van der Waals surface area contributed by atoms with E-state index in [4.69, 9.17) is 0 Å². The largest absolute Gasteiger partial charge is 0.507 e. The highest BCUT2D eigenvalue weighted by Gasteiger charge is 2.44. The number of carbonyl (C=O) groups is 4. The number of aromatic hydroxyl groups is 1. The number of unbranched alkanes of at least 4 members (excludes halogenated alkanes) is 2. The molecule has 0 saturated carbocycles. The van der Waals surface area contributed by atoms with Crippen LogP contribution in [0.1, 0.15) is 82.0 Å². The van der Waals surface area contributed by atoms with Gasteiger partial charge in [-0.25, -0.2) is 4.98 Å². The summed E-state index contributed by atoms with van der Waals surface area (Å²) in [5.74, 6) is -0.533. The Bertz CT molecular complexity index is 2370. The molecule has 16 heteroatoms. The third-order valence-corrected chi connectivity index (χ3v) is 12.8. The second-order valence-electron chi connectivity index (χ2n) is 17.5. The number of hydrogen-bond donors (Lipinski definition) is 6. The molecule has 2 aromatic carbocycles. The van der Waals surface area contributed by atoms with Crippen molar-refractivity contribution in [1.82, 2.24) is 45.9 Å². The fourth-order valence-electron chi connectivity index (χ4n) is 8.18. The molecule has 0 spiro atoms. The number of phenols is 1. The van der Waals surface area contributed by atoms with Crippen molar-refractivity contribution in [1.29, 1.82) is 0 Å². The highest BCUT2D eigenvalue weighted by Crippen LogP contribution is 2.35. The monoisotopic (exact) mass is 863 g/mol. The highest BCUT2D eigenvalue weighted by molar-refractivity contribution is 7.13. The fourth-order valence-corrected chi connectivity index (χ4v) is 9.00. The van der Waals surface area contributed by atoms with Crippen LogP contribution in [-0.4, -0.2) is 115 Å². The molecule has 4 amide bonds. The van der Waals surface area contributed by atoms with Crippen LogP contribution in [0.5, 0.6) is 5.75 Å². The van der Waals surface area contributed by atoms with Crippen LogP contribution >= 0.6 is 11.3 Å². The van der Waals surface area contributed by atoms with Gasteiger partial charge in [0.2, 0.25) is 23.6 Å². The summed E-state index contributed by atoms with van der Waals surface area (Å²) in [5.41, 5.74) is 7.08. The molecule has 5 aromatic rings. The minimum absolute atomic E-state index is 0.0179. The van der Waals surface area contributed by atoms with Crippen LogP contribution in [0.2, 0.25) is 0 Å². The number of para-hydroxylation sites is 1. The van der Waals surface area contributed by atoms with Crippen molar-refractivity contribution < 1.29 is 29.4 Å². The van der Waals surface area contributed by atoms with E-state index in [9.17, 15) is 29.4 Å². The van der Waals surface area contributed by atoms with E-state index >= 15 is 0 Å². The van der Waals surface area contributed by atoms with E-state index in [1.807, 2.05) is 80.7 Å². The molecule has 5 heterocycles. The van der Waals surface area contributed by atoms with Crippen molar-refractivity contribution >= 4 is 46.0 Å². The molecule has 2 aliphatic heterocycles. The van der Waals surface area contributed by atoms with Crippen LogP contribution in [0.4, 0.5) is 0 Å².